The van der Waals surface area contributed by atoms with Crippen LogP contribution in [0.3, 0.4) is 0 Å². The number of carbonyl (C=O) groups is 3. The van der Waals surface area contributed by atoms with Gasteiger partial charge in [-0.2, -0.15) is 4.99 Å². The summed E-state index contributed by atoms with van der Waals surface area (Å²) < 4.78 is 10.2. The molecule has 0 fully saturated rings. The van der Waals surface area contributed by atoms with Crippen molar-refractivity contribution in [3.8, 4) is 0 Å². The molecular formula is C27H42N2O5. The lowest BCUT2D eigenvalue weighted by molar-refractivity contribution is -0.149. The Morgan fingerprint density at radius 1 is 0.882 bits per heavy atom. The molecule has 0 aliphatic carbocycles. The second kappa shape index (κ2) is 18.7. The Balaban J connectivity index is 2.52. The first-order valence-electron chi connectivity index (χ1n) is 12.7. The van der Waals surface area contributed by atoms with Gasteiger partial charge in [0.1, 0.15) is 12.6 Å². The van der Waals surface area contributed by atoms with Gasteiger partial charge in [0.05, 0.1) is 6.61 Å². The summed E-state index contributed by atoms with van der Waals surface area (Å²) in [4.78, 5) is 40.7. The number of hydrogen-bond acceptors (Lipinski definition) is 5. The highest BCUT2D eigenvalue weighted by molar-refractivity contribution is 5.96. The number of nitrogens with one attached hydrogen (secondary N) is 1. The molecule has 0 heterocycles. The first-order chi connectivity index (χ1) is 16.5. The highest BCUT2D eigenvalue weighted by atomic mass is 16.5. The fourth-order valence-corrected chi connectivity index (χ4v) is 3.54. The van der Waals surface area contributed by atoms with Gasteiger partial charge in [0.2, 0.25) is 5.91 Å². The molecule has 1 N–H and O–H groups in total. The molecule has 1 atom stereocenters. The lowest BCUT2D eigenvalue weighted by Gasteiger charge is -2.18. The van der Waals surface area contributed by atoms with Crippen LogP contribution in [-0.2, 0) is 25.7 Å². The maximum atomic E-state index is 12.7. The molecule has 0 aromatic heterocycles. The summed E-state index contributed by atoms with van der Waals surface area (Å²) >= 11 is 0. The summed E-state index contributed by atoms with van der Waals surface area (Å²) in [7, 11) is 0. The molecule has 1 aromatic carbocycles. The average molecular weight is 475 g/mol. The van der Waals surface area contributed by atoms with E-state index >= 15 is 0 Å². The highest BCUT2D eigenvalue weighted by Gasteiger charge is 2.23. The second-order valence-corrected chi connectivity index (χ2v) is 8.54. The quantitative estimate of drug-likeness (QED) is 0.166. The van der Waals surface area contributed by atoms with E-state index in [1.807, 2.05) is 30.3 Å². The lowest BCUT2D eigenvalue weighted by Crippen LogP contribution is -2.43. The Morgan fingerprint density at radius 2 is 1.50 bits per heavy atom. The largest absolute Gasteiger partial charge is 0.459 e. The molecule has 0 spiro atoms. The van der Waals surface area contributed by atoms with Crippen molar-refractivity contribution < 1.29 is 23.9 Å². The molecule has 190 valence electrons. The van der Waals surface area contributed by atoms with Gasteiger partial charge in [-0.15, -0.1) is 0 Å². The van der Waals surface area contributed by atoms with Crippen molar-refractivity contribution >= 4 is 23.7 Å². The summed E-state index contributed by atoms with van der Waals surface area (Å²) in [5.74, 6) is -0.753. The van der Waals surface area contributed by atoms with Crippen molar-refractivity contribution in [3.05, 3.63) is 35.9 Å². The van der Waals surface area contributed by atoms with Gasteiger partial charge in [-0.05, 0) is 25.8 Å². The van der Waals surface area contributed by atoms with Crippen LogP contribution in [0.5, 0.6) is 0 Å². The van der Waals surface area contributed by atoms with Crippen molar-refractivity contribution in [2.24, 2.45) is 4.99 Å². The van der Waals surface area contributed by atoms with Crippen molar-refractivity contribution in [1.82, 2.24) is 5.32 Å². The smallest absolute Gasteiger partial charge is 0.433 e. The maximum absolute atomic E-state index is 12.7. The fraction of sp³-hybridized carbons (Fsp3) is 0.630. The third-order valence-corrected chi connectivity index (χ3v) is 5.40. The number of benzene rings is 1. The number of amides is 2. The molecule has 0 aliphatic heterocycles. The summed E-state index contributed by atoms with van der Waals surface area (Å²) in [6.07, 6.45) is 10.2. The number of carbonyl (C=O) groups excluding carboxylic acids is 3. The minimum atomic E-state index is -0.909. The molecule has 1 rings (SSSR count). The van der Waals surface area contributed by atoms with Gasteiger partial charge < -0.3 is 14.8 Å². The van der Waals surface area contributed by atoms with Crippen LogP contribution in [0.2, 0.25) is 0 Å². The first-order valence-corrected chi connectivity index (χ1v) is 12.7. The van der Waals surface area contributed by atoms with Crippen LogP contribution in [0.1, 0.15) is 97.0 Å². The highest BCUT2D eigenvalue weighted by Crippen LogP contribution is 2.11. The Hall–Kier alpha value is -2.70. The summed E-state index contributed by atoms with van der Waals surface area (Å²) in [6, 6.07) is 8.42. The Labute approximate surface area is 204 Å². The van der Waals surface area contributed by atoms with Gasteiger partial charge in [0.15, 0.2) is 0 Å². The lowest BCUT2D eigenvalue weighted by atomic mass is 10.1. The van der Waals surface area contributed by atoms with Gasteiger partial charge in [0.25, 0.3) is 0 Å². The van der Waals surface area contributed by atoms with E-state index in [1.165, 1.54) is 38.5 Å². The van der Waals surface area contributed by atoms with Crippen molar-refractivity contribution in [2.75, 3.05) is 6.61 Å². The van der Waals surface area contributed by atoms with Crippen LogP contribution in [-0.4, -0.2) is 36.3 Å². The molecule has 7 nitrogen and oxygen atoms in total. The zero-order valence-corrected chi connectivity index (χ0v) is 21.1. The molecule has 0 saturated carbocycles. The van der Waals surface area contributed by atoms with Gasteiger partial charge in [-0.1, -0.05) is 88.6 Å². The number of hydrogen-bond donors (Lipinski definition) is 1. The van der Waals surface area contributed by atoms with E-state index in [0.29, 0.717) is 12.1 Å². The summed E-state index contributed by atoms with van der Waals surface area (Å²) in [6.45, 7) is 5.86. The number of ether oxygens (including phenoxy) is 2. The zero-order valence-electron chi connectivity index (χ0n) is 21.1. The maximum Gasteiger partial charge on any atom is 0.433 e. The molecule has 2 amide bonds. The molecule has 7 heteroatoms. The normalized spacial score (nSPS) is 12.1. The molecule has 0 aliphatic rings. The van der Waals surface area contributed by atoms with E-state index in [9.17, 15) is 14.4 Å². The topological polar surface area (TPSA) is 94.1 Å². The van der Waals surface area contributed by atoms with Crippen LogP contribution >= 0.6 is 0 Å². The van der Waals surface area contributed by atoms with Crippen LogP contribution in [0.15, 0.2) is 35.3 Å². The van der Waals surface area contributed by atoms with Crippen molar-refractivity contribution in [2.45, 2.75) is 104 Å². The van der Waals surface area contributed by atoms with Crippen LogP contribution in [0, 0.1) is 0 Å². The molecule has 0 saturated heterocycles. The van der Waals surface area contributed by atoms with Crippen LogP contribution in [0.4, 0.5) is 4.79 Å². The summed E-state index contributed by atoms with van der Waals surface area (Å²) in [5.41, 5.74) is 1.25. The zero-order chi connectivity index (χ0) is 25.0. The third kappa shape index (κ3) is 14.4. The van der Waals surface area contributed by atoms with E-state index in [4.69, 9.17) is 9.47 Å². The van der Waals surface area contributed by atoms with Gasteiger partial charge in [0, 0.05) is 18.6 Å². The number of rotatable bonds is 17. The number of esters is 1. The third-order valence-electron chi connectivity index (χ3n) is 5.40. The van der Waals surface area contributed by atoms with E-state index in [2.05, 4.69) is 17.2 Å². The molecule has 34 heavy (non-hydrogen) atoms. The predicted molar refractivity (Wildman–Crippen MR) is 135 cm³/mol. The Bertz CT molecular complexity index is 749. The van der Waals surface area contributed by atoms with E-state index in [0.717, 1.165) is 24.8 Å². The monoisotopic (exact) mass is 474 g/mol. The minimum Gasteiger partial charge on any atom is -0.459 e. The molecule has 0 bridgehead atoms. The van der Waals surface area contributed by atoms with Gasteiger partial charge >= 0.3 is 12.1 Å². The fourth-order valence-electron chi connectivity index (χ4n) is 3.54. The number of nitrogens with zero attached hydrogens (tertiary/aromatic N) is 1. The number of unbranched alkanes of at least 4 members (excludes halogenated alkanes) is 8. The summed E-state index contributed by atoms with van der Waals surface area (Å²) in [5, 5.41) is 2.77. The molecular weight excluding hydrogens is 432 g/mol. The van der Waals surface area contributed by atoms with E-state index < -0.39 is 18.1 Å². The van der Waals surface area contributed by atoms with E-state index in [-0.39, 0.29) is 25.5 Å². The van der Waals surface area contributed by atoms with Gasteiger partial charge in [-0.25, -0.2) is 9.59 Å². The minimum absolute atomic E-state index is 0.0793. The van der Waals surface area contributed by atoms with Crippen molar-refractivity contribution in [1.29, 1.82) is 0 Å². The Kier molecular flexibility index (Phi) is 16.1. The van der Waals surface area contributed by atoms with Crippen LogP contribution < -0.4 is 5.32 Å². The molecule has 0 unspecified atom stereocenters. The molecule has 1 aromatic rings. The predicted octanol–water partition coefficient (Wildman–Crippen LogP) is 6.14. The Morgan fingerprint density at radius 3 is 2.12 bits per heavy atom. The van der Waals surface area contributed by atoms with Crippen molar-refractivity contribution in [3.63, 3.8) is 0 Å². The first kappa shape index (κ1) is 29.3. The van der Waals surface area contributed by atoms with E-state index in [1.54, 1.807) is 13.8 Å². The SMILES string of the molecule is CCCCCCCCCCCC(=O)N[C@@H](C/C(C)=N/C(=O)OCC)C(=O)OCc1ccccc1. The molecule has 0 radical (unpaired) electrons. The average Bonchev–Trinajstić information content (AvgIpc) is 2.81. The standard InChI is InChI=1S/C27H42N2O5/c1-4-6-7-8-9-10-11-12-16-19-25(30)29-24(20-22(3)28-27(32)33-5-2)26(31)34-21-23-17-14-13-15-18-23/h13-15,17-18,24H,4-12,16,19-21H2,1-3H3,(H,29,30)/b28-22+/t24-/m0/s1. The number of aliphatic imine (C=N–C) groups is 1. The second-order valence-electron chi connectivity index (χ2n) is 8.54. The van der Waals surface area contributed by atoms with Gasteiger partial charge in [-0.3, -0.25) is 4.79 Å². The van der Waals surface area contributed by atoms with Crippen LogP contribution in [0.25, 0.3) is 0 Å².